The minimum atomic E-state index is 0.108. The molecule has 1 aromatic carbocycles. The maximum Gasteiger partial charge on any atom is 0.234 e. The third-order valence-corrected chi connectivity index (χ3v) is 5.67. The van der Waals surface area contributed by atoms with Gasteiger partial charge in [0.25, 0.3) is 0 Å². The number of amides is 1. The minimum absolute atomic E-state index is 0.108. The van der Waals surface area contributed by atoms with E-state index in [1.54, 1.807) is 11.3 Å². The van der Waals surface area contributed by atoms with Crippen LogP contribution in [-0.2, 0) is 22.7 Å². The third kappa shape index (κ3) is 5.66. The Morgan fingerprint density at radius 1 is 1.24 bits per heavy atom. The number of hydrogen-bond acceptors (Lipinski definition) is 4. The first-order valence-electron chi connectivity index (χ1n) is 8.88. The van der Waals surface area contributed by atoms with Gasteiger partial charge in [0.2, 0.25) is 5.91 Å². The van der Waals surface area contributed by atoms with Gasteiger partial charge in [0, 0.05) is 18.0 Å². The number of carbonyl (C=O) groups excluding carboxylic acids is 1. The molecule has 2 heterocycles. The number of ether oxygens (including phenoxy) is 1. The predicted molar refractivity (Wildman–Crippen MR) is 102 cm³/mol. The van der Waals surface area contributed by atoms with Crippen LogP contribution in [0.5, 0.6) is 0 Å². The summed E-state index contributed by atoms with van der Waals surface area (Å²) in [4.78, 5) is 15.6. The van der Waals surface area contributed by atoms with Crippen LogP contribution in [0.1, 0.15) is 28.8 Å². The quantitative estimate of drug-likeness (QED) is 0.825. The Balaban J connectivity index is 1.33. The maximum absolute atomic E-state index is 12.1. The van der Waals surface area contributed by atoms with Gasteiger partial charge in [0.1, 0.15) is 0 Å². The number of thiophene rings is 1. The van der Waals surface area contributed by atoms with Gasteiger partial charge in [-0.3, -0.25) is 9.69 Å². The van der Waals surface area contributed by atoms with Crippen molar-refractivity contribution in [3.05, 3.63) is 57.8 Å². The number of hydrogen-bond donors (Lipinski definition) is 1. The highest BCUT2D eigenvalue weighted by atomic mass is 32.1. The largest absolute Gasteiger partial charge is 0.373 e. The van der Waals surface area contributed by atoms with Crippen molar-refractivity contribution in [1.29, 1.82) is 0 Å². The molecule has 1 aromatic heterocycles. The number of nitrogens with zero attached hydrogens (tertiary/aromatic N) is 1. The van der Waals surface area contributed by atoms with Crippen LogP contribution in [0.3, 0.4) is 0 Å². The van der Waals surface area contributed by atoms with Gasteiger partial charge in [-0.25, -0.2) is 0 Å². The second kappa shape index (κ2) is 9.13. The second-order valence-electron chi connectivity index (χ2n) is 6.58. The van der Waals surface area contributed by atoms with Gasteiger partial charge in [-0.15, -0.1) is 11.3 Å². The van der Waals surface area contributed by atoms with Crippen molar-refractivity contribution in [3.8, 4) is 0 Å². The van der Waals surface area contributed by atoms with Crippen molar-refractivity contribution in [2.24, 2.45) is 0 Å². The van der Waals surface area contributed by atoms with Gasteiger partial charge in [0.05, 0.1) is 25.8 Å². The molecular formula is C20H26N2O2S. The maximum atomic E-state index is 12.1. The molecule has 1 saturated heterocycles. The zero-order chi connectivity index (χ0) is 17.5. The van der Waals surface area contributed by atoms with E-state index in [4.69, 9.17) is 4.74 Å². The summed E-state index contributed by atoms with van der Waals surface area (Å²) in [6, 6.07) is 12.4. The summed E-state index contributed by atoms with van der Waals surface area (Å²) in [7, 11) is 0. The smallest absolute Gasteiger partial charge is 0.234 e. The number of piperidine rings is 1. The zero-order valence-electron chi connectivity index (χ0n) is 14.7. The van der Waals surface area contributed by atoms with Gasteiger partial charge >= 0.3 is 0 Å². The zero-order valence-corrected chi connectivity index (χ0v) is 15.6. The molecule has 0 atom stereocenters. The van der Waals surface area contributed by atoms with E-state index in [0.717, 1.165) is 25.9 Å². The summed E-state index contributed by atoms with van der Waals surface area (Å²) in [5.74, 6) is 0.108. The van der Waals surface area contributed by atoms with Crippen molar-refractivity contribution in [1.82, 2.24) is 10.2 Å². The van der Waals surface area contributed by atoms with Crippen LogP contribution < -0.4 is 5.32 Å². The van der Waals surface area contributed by atoms with Crippen molar-refractivity contribution in [3.63, 3.8) is 0 Å². The Morgan fingerprint density at radius 3 is 2.68 bits per heavy atom. The molecule has 4 nitrogen and oxygen atoms in total. The fourth-order valence-electron chi connectivity index (χ4n) is 3.05. The molecule has 0 bridgehead atoms. The average Bonchev–Trinajstić information content (AvgIpc) is 3.05. The van der Waals surface area contributed by atoms with Crippen molar-refractivity contribution in [2.75, 3.05) is 19.6 Å². The lowest BCUT2D eigenvalue weighted by Crippen LogP contribution is -2.42. The first-order chi connectivity index (χ1) is 12.2. The second-order valence-corrected chi connectivity index (χ2v) is 7.58. The SMILES string of the molecule is Cc1ccsc1CNC(=O)CN1CCC(OCc2ccccc2)CC1. The number of likely N-dealkylation sites (tertiary alicyclic amines) is 1. The minimum Gasteiger partial charge on any atom is -0.373 e. The van der Waals surface area contributed by atoms with Crippen LogP contribution in [-0.4, -0.2) is 36.5 Å². The number of carbonyl (C=O) groups is 1. The molecule has 0 saturated carbocycles. The summed E-state index contributed by atoms with van der Waals surface area (Å²) in [5, 5.41) is 5.10. The molecule has 1 fully saturated rings. The van der Waals surface area contributed by atoms with Crippen molar-refractivity contribution >= 4 is 17.2 Å². The van der Waals surface area contributed by atoms with Crippen LogP contribution in [0.25, 0.3) is 0 Å². The van der Waals surface area contributed by atoms with Gasteiger partial charge in [-0.05, 0) is 42.3 Å². The van der Waals surface area contributed by atoms with Crippen LogP contribution in [0.2, 0.25) is 0 Å². The van der Waals surface area contributed by atoms with Gasteiger partial charge in [0.15, 0.2) is 0 Å². The van der Waals surface area contributed by atoms with Gasteiger partial charge in [-0.1, -0.05) is 30.3 Å². The fourth-order valence-corrected chi connectivity index (χ4v) is 3.89. The van der Waals surface area contributed by atoms with E-state index in [9.17, 15) is 4.79 Å². The Hall–Kier alpha value is -1.69. The van der Waals surface area contributed by atoms with E-state index in [1.807, 2.05) is 18.2 Å². The van der Waals surface area contributed by atoms with Crippen LogP contribution in [0.4, 0.5) is 0 Å². The molecule has 0 aliphatic carbocycles. The Labute approximate surface area is 153 Å². The summed E-state index contributed by atoms with van der Waals surface area (Å²) in [5.41, 5.74) is 2.47. The average molecular weight is 359 g/mol. The third-order valence-electron chi connectivity index (χ3n) is 4.64. The highest BCUT2D eigenvalue weighted by Gasteiger charge is 2.21. The summed E-state index contributed by atoms with van der Waals surface area (Å²) in [6.07, 6.45) is 2.28. The lowest BCUT2D eigenvalue weighted by atomic mass is 10.1. The molecule has 25 heavy (non-hydrogen) atoms. The summed E-state index contributed by atoms with van der Waals surface area (Å²) >= 11 is 1.70. The standard InChI is InChI=1S/C20H26N2O2S/c1-16-9-12-25-19(16)13-21-20(23)14-22-10-7-18(8-11-22)24-15-17-5-3-2-4-6-17/h2-6,9,12,18H,7-8,10-11,13-15H2,1H3,(H,21,23). The molecule has 1 aliphatic rings. The van der Waals surface area contributed by atoms with E-state index < -0.39 is 0 Å². The van der Waals surface area contributed by atoms with E-state index in [-0.39, 0.29) is 5.91 Å². The Morgan fingerprint density at radius 2 is 2.00 bits per heavy atom. The molecule has 5 heteroatoms. The van der Waals surface area contributed by atoms with Crippen molar-refractivity contribution in [2.45, 2.75) is 39.0 Å². The number of rotatable bonds is 7. The molecule has 3 rings (SSSR count). The van der Waals surface area contributed by atoms with Gasteiger partial charge in [-0.2, -0.15) is 0 Å². The monoisotopic (exact) mass is 358 g/mol. The molecule has 1 amide bonds. The summed E-state index contributed by atoms with van der Waals surface area (Å²) < 4.78 is 6.01. The van der Waals surface area contributed by atoms with E-state index in [2.05, 4.69) is 40.7 Å². The molecule has 0 unspecified atom stereocenters. The van der Waals surface area contributed by atoms with Crippen molar-refractivity contribution < 1.29 is 9.53 Å². The molecular weight excluding hydrogens is 332 g/mol. The van der Waals surface area contributed by atoms with E-state index in [0.29, 0.717) is 25.8 Å². The number of aryl methyl sites for hydroxylation is 1. The highest BCUT2D eigenvalue weighted by molar-refractivity contribution is 7.10. The molecule has 2 aromatic rings. The predicted octanol–water partition coefficient (Wildman–Crippen LogP) is 3.35. The number of nitrogens with one attached hydrogen (secondary N) is 1. The van der Waals surface area contributed by atoms with Crippen LogP contribution >= 0.6 is 11.3 Å². The number of benzene rings is 1. The topological polar surface area (TPSA) is 41.6 Å². The molecule has 0 spiro atoms. The first kappa shape index (κ1) is 18.1. The summed E-state index contributed by atoms with van der Waals surface area (Å²) in [6.45, 7) is 5.72. The Bertz CT molecular complexity index is 663. The molecule has 1 aliphatic heterocycles. The molecule has 134 valence electrons. The highest BCUT2D eigenvalue weighted by Crippen LogP contribution is 2.16. The lowest BCUT2D eigenvalue weighted by Gasteiger charge is -2.31. The Kier molecular flexibility index (Phi) is 6.62. The lowest BCUT2D eigenvalue weighted by molar-refractivity contribution is -0.123. The first-order valence-corrected chi connectivity index (χ1v) is 9.76. The van der Waals surface area contributed by atoms with E-state index in [1.165, 1.54) is 16.0 Å². The normalized spacial score (nSPS) is 16.0. The van der Waals surface area contributed by atoms with Crippen LogP contribution in [0.15, 0.2) is 41.8 Å². The fraction of sp³-hybridized carbons (Fsp3) is 0.450. The van der Waals surface area contributed by atoms with E-state index >= 15 is 0 Å². The van der Waals surface area contributed by atoms with Gasteiger partial charge < -0.3 is 10.1 Å². The molecule has 0 radical (unpaired) electrons. The molecule has 1 N–H and O–H groups in total. The van der Waals surface area contributed by atoms with Crippen LogP contribution in [0, 0.1) is 6.92 Å².